The Bertz CT molecular complexity index is 868. The molecule has 0 fully saturated rings. The van der Waals surface area contributed by atoms with Crippen LogP contribution in [0.3, 0.4) is 0 Å². The molecule has 1 unspecified atom stereocenters. The third-order valence-electron chi connectivity index (χ3n) is 5.02. The molecule has 1 aromatic heterocycles. The highest BCUT2D eigenvalue weighted by Gasteiger charge is 2.37. The van der Waals surface area contributed by atoms with Crippen LogP contribution in [-0.2, 0) is 17.7 Å². The third kappa shape index (κ3) is 4.95. The number of imidazole rings is 1. The standard InChI is InChI=1S/C21H30N4O4S/c1-4-13-24-16-22-20-19(24)21(26)25(30(27)23(20)2)14-7-5-6-8-15-29-18-11-9-17(28-3)10-12-18/h9-12,16H,4-8,13-15H2,1-3H3. The van der Waals surface area contributed by atoms with Gasteiger partial charge >= 0.3 is 0 Å². The van der Waals surface area contributed by atoms with E-state index >= 15 is 0 Å². The molecule has 2 aromatic rings. The van der Waals surface area contributed by atoms with E-state index < -0.39 is 11.2 Å². The molecule has 0 saturated carbocycles. The monoisotopic (exact) mass is 434 g/mol. The van der Waals surface area contributed by atoms with Crippen molar-refractivity contribution in [2.75, 3.05) is 31.6 Å². The van der Waals surface area contributed by atoms with Crippen molar-refractivity contribution in [3.63, 3.8) is 0 Å². The highest BCUT2D eigenvalue weighted by Crippen LogP contribution is 2.28. The third-order valence-corrected chi connectivity index (χ3v) is 6.38. The lowest BCUT2D eigenvalue weighted by molar-refractivity contribution is 0.0851. The summed E-state index contributed by atoms with van der Waals surface area (Å²) in [4.78, 5) is 17.2. The Hall–Kier alpha value is -2.55. The molecule has 0 aliphatic carbocycles. The number of benzene rings is 1. The molecule has 1 aromatic carbocycles. The molecule has 0 N–H and O–H groups in total. The van der Waals surface area contributed by atoms with Crippen LogP contribution in [0.1, 0.15) is 49.5 Å². The van der Waals surface area contributed by atoms with E-state index in [1.165, 1.54) is 4.31 Å². The fraction of sp³-hybridized carbons (Fsp3) is 0.524. The Morgan fingerprint density at radius 1 is 1.03 bits per heavy atom. The first kappa shape index (κ1) is 22.1. The van der Waals surface area contributed by atoms with Gasteiger partial charge in [0.2, 0.25) is 11.2 Å². The molecule has 0 radical (unpaired) electrons. The number of nitrogens with zero attached hydrogens (tertiary/aromatic N) is 4. The molecule has 30 heavy (non-hydrogen) atoms. The van der Waals surface area contributed by atoms with Gasteiger partial charge < -0.3 is 14.0 Å². The van der Waals surface area contributed by atoms with Gasteiger partial charge in [-0.2, -0.15) is 0 Å². The summed E-state index contributed by atoms with van der Waals surface area (Å²) in [5.74, 6) is 1.93. The zero-order valence-corrected chi connectivity index (χ0v) is 18.7. The fourth-order valence-corrected chi connectivity index (χ4v) is 4.49. The van der Waals surface area contributed by atoms with Crippen LogP contribution in [0.5, 0.6) is 11.5 Å². The van der Waals surface area contributed by atoms with Crippen molar-refractivity contribution in [1.82, 2.24) is 13.9 Å². The number of amides is 1. The van der Waals surface area contributed by atoms with Crippen LogP contribution in [0, 0.1) is 0 Å². The smallest absolute Gasteiger partial charge is 0.287 e. The van der Waals surface area contributed by atoms with Gasteiger partial charge in [0.05, 0.1) is 20.0 Å². The Balaban J connectivity index is 1.42. The SMILES string of the molecule is CCCn1cnc2c1C(=O)N(CCCCCCOc1ccc(OC)cc1)S(=O)N2C. The highest BCUT2D eigenvalue weighted by atomic mass is 32.2. The average Bonchev–Trinajstić information content (AvgIpc) is 3.18. The highest BCUT2D eigenvalue weighted by molar-refractivity contribution is 7.84. The summed E-state index contributed by atoms with van der Waals surface area (Å²) in [5, 5.41) is 0. The Labute approximate surface area is 180 Å². The maximum absolute atomic E-state index is 12.9. The summed E-state index contributed by atoms with van der Waals surface area (Å²) < 4.78 is 28.4. The molecule has 0 saturated heterocycles. The van der Waals surface area contributed by atoms with Crippen molar-refractivity contribution >= 4 is 22.9 Å². The molecule has 1 atom stereocenters. The quantitative estimate of drug-likeness (QED) is 0.507. The van der Waals surface area contributed by atoms with Crippen molar-refractivity contribution in [1.29, 1.82) is 0 Å². The number of hydrogen-bond donors (Lipinski definition) is 0. The Morgan fingerprint density at radius 3 is 2.43 bits per heavy atom. The maximum Gasteiger partial charge on any atom is 0.287 e. The summed E-state index contributed by atoms with van der Waals surface area (Å²) >= 11 is -1.54. The zero-order valence-electron chi connectivity index (χ0n) is 17.9. The van der Waals surface area contributed by atoms with Crippen LogP contribution in [0.25, 0.3) is 0 Å². The van der Waals surface area contributed by atoms with Gasteiger partial charge in [0.1, 0.15) is 11.5 Å². The lowest BCUT2D eigenvalue weighted by Crippen LogP contribution is -2.46. The fourth-order valence-electron chi connectivity index (χ4n) is 3.39. The van der Waals surface area contributed by atoms with Crippen LogP contribution in [0.4, 0.5) is 5.82 Å². The van der Waals surface area contributed by atoms with Crippen molar-refractivity contribution < 1.29 is 18.5 Å². The minimum atomic E-state index is -1.54. The van der Waals surface area contributed by atoms with Gasteiger partial charge in [0, 0.05) is 20.1 Å². The molecular formula is C21H30N4O4S. The summed E-state index contributed by atoms with van der Waals surface area (Å²) in [5.41, 5.74) is 0.534. The summed E-state index contributed by atoms with van der Waals surface area (Å²) in [6, 6.07) is 7.54. The molecule has 0 bridgehead atoms. The lowest BCUT2D eigenvalue weighted by Gasteiger charge is -2.31. The van der Waals surface area contributed by atoms with E-state index in [9.17, 15) is 9.00 Å². The van der Waals surface area contributed by atoms with Gasteiger partial charge in [0.25, 0.3) is 5.91 Å². The maximum atomic E-state index is 12.9. The van der Waals surface area contributed by atoms with E-state index in [1.807, 2.05) is 28.8 Å². The zero-order chi connectivity index (χ0) is 21.5. The summed E-state index contributed by atoms with van der Waals surface area (Å²) in [6.07, 6.45) is 6.21. The molecule has 8 nitrogen and oxygen atoms in total. The van der Waals surface area contributed by atoms with Crippen molar-refractivity contribution in [3.05, 3.63) is 36.3 Å². The van der Waals surface area contributed by atoms with Crippen LogP contribution in [0.15, 0.2) is 30.6 Å². The first-order valence-corrected chi connectivity index (χ1v) is 11.4. The molecular weight excluding hydrogens is 404 g/mol. The number of methoxy groups -OCH3 is 1. The molecule has 1 aliphatic heterocycles. The van der Waals surface area contributed by atoms with E-state index in [-0.39, 0.29) is 5.91 Å². The summed E-state index contributed by atoms with van der Waals surface area (Å²) in [7, 11) is 3.35. The predicted molar refractivity (Wildman–Crippen MR) is 117 cm³/mol. The second kappa shape index (κ2) is 10.5. The average molecular weight is 435 g/mol. The second-order valence-electron chi connectivity index (χ2n) is 7.18. The Kier molecular flexibility index (Phi) is 7.73. The number of unbranched alkanes of at least 4 members (excludes halogenated alkanes) is 3. The molecule has 3 rings (SSSR count). The molecule has 1 amide bonds. The van der Waals surface area contributed by atoms with Gasteiger partial charge in [-0.1, -0.05) is 19.8 Å². The van der Waals surface area contributed by atoms with E-state index in [2.05, 4.69) is 11.9 Å². The van der Waals surface area contributed by atoms with Gasteiger partial charge in [-0.15, -0.1) is 0 Å². The van der Waals surface area contributed by atoms with Crippen molar-refractivity contribution in [2.45, 2.75) is 45.6 Å². The van der Waals surface area contributed by atoms with Crippen LogP contribution in [0.2, 0.25) is 0 Å². The topological polar surface area (TPSA) is 76.9 Å². The second-order valence-corrected chi connectivity index (χ2v) is 8.63. The number of aryl methyl sites for hydroxylation is 1. The summed E-state index contributed by atoms with van der Waals surface area (Å²) in [6.45, 7) is 3.88. The first-order valence-electron chi connectivity index (χ1n) is 10.4. The predicted octanol–water partition coefficient (Wildman–Crippen LogP) is 3.41. The molecule has 2 heterocycles. The number of hydrogen-bond acceptors (Lipinski definition) is 5. The minimum absolute atomic E-state index is 0.199. The van der Waals surface area contributed by atoms with E-state index in [0.29, 0.717) is 24.7 Å². The van der Waals surface area contributed by atoms with E-state index in [0.717, 1.165) is 50.1 Å². The van der Waals surface area contributed by atoms with Gasteiger partial charge in [0.15, 0.2) is 11.5 Å². The largest absolute Gasteiger partial charge is 0.497 e. The molecule has 1 aliphatic rings. The first-order chi connectivity index (χ1) is 14.6. The van der Waals surface area contributed by atoms with E-state index in [4.69, 9.17) is 9.47 Å². The number of anilines is 1. The number of aromatic nitrogens is 2. The molecule has 9 heteroatoms. The van der Waals surface area contributed by atoms with Crippen LogP contribution < -0.4 is 13.8 Å². The number of rotatable bonds is 11. The minimum Gasteiger partial charge on any atom is -0.497 e. The van der Waals surface area contributed by atoms with Gasteiger partial charge in [-0.05, 0) is 43.5 Å². The molecule has 164 valence electrons. The van der Waals surface area contributed by atoms with Crippen LogP contribution >= 0.6 is 0 Å². The Morgan fingerprint density at radius 2 is 1.73 bits per heavy atom. The van der Waals surface area contributed by atoms with Crippen LogP contribution in [-0.4, -0.2) is 51.3 Å². The lowest BCUT2D eigenvalue weighted by atomic mass is 10.2. The number of carbonyl (C=O) groups is 1. The number of ether oxygens (including phenoxy) is 2. The van der Waals surface area contributed by atoms with E-state index in [1.54, 1.807) is 24.8 Å². The number of carbonyl (C=O) groups excluding carboxylic acids is 1. The van der Waals surface area contributed by atoms with Gasteiger partial charge in [-0.25, -0.2) is 13.5 Å². The van der Waals surface area contributed by atoms with Crippen molar-refractivity contribution in [2.24, 2.45) is 0 Å². The normalized spacial score (nSPS) is 16.0. The number of fused-ring (bicyclic) bond motifs is 1. The van der Waals surface area contributed by atoms with Crippen molar-refractivity contribution in [3.8, 4) is 11.5 Å². The molecule has 0 spiro atoms. The van der Waals surface area contributed by atoms with Gasteiger partial charge in [-0.3, -0.25) is 9.10 Å².